The summed E-state index contributed by atoms with van der Waals surface area (Å²) in [5, 5.41) is 3.09. The number of hydrogen-bond donors (Lipinski definition) is 1. The molecule has 3 aromatic rings. The van der Waals surface area contributed by atoms with Gasteiger partial charge in [-0.3, -0.25) is 9.69 Å². The smallest absolute Gasteiger partial charge is 0.416 e. The summed E-state index contributed by atoms with van der Waals surface area (Å²) in [7, 11) is 0. The van der Waals surface area contributed by atoms with E-state index in [2.05, 4.69) is 30.1 Å². The zero-order chi connectivity index (χ0) is 27.2. The van der Waals surface area contributed by atoms with Crippen LogP contribution in [0.2, 0.25) is 0 Å². The molecular weight excluding hydrogens is 509 g/mol. The summed E-state index contributed by atoms with van der Waals surface area (Å²) in [6.45, 7) is 3.94. The summed E-state index contributed by atoms with van der Waals surface area (Å²) in [6.07, 6.45) is 5.59. The molecule has 2 aliphatic rings. The second-order valence-corrected chi connectivity index (χ2v) is 10.00. The maximum atomic E-state index is 12.8. The Bertz CT molecular complexity index is 1210. The predicted octanol–water partition coefficient (Wildman–Crippen LogP) is 4.33. The molecule has 0 spiro atoms. The van der Waals surface area contributed by atoms with Crippen molar-refractivity contribution in [2.24, 2.45) is 0 Å². The van der Waals surface area contributed by atoms with Gasteiger partial charge in [-0.1, -0.05) is 0 Å². The fourth-order valence-electron chi connectivity index (χ4n) is 5.03. The first kappa shape index (κ1) is 26.9. The van der Waals surface area contributed by atoms with Crippen LogP contribution in [0.4, 0.5) is 18.9 Å². The Kier molecular flexibility index (Phi) is 8.25. The van der Waals surface area contributed by atoms with E-state index in [1.54, 1.807) is 18.3 Å². The van der Waals surface area contributed by atoms with Crippen LogP contribution < -0.4 is 15.0 Å². The number of aromatic nitrogens is 3. The lowest BCUT2D eigenvalue weighted by Gasteiger charge is -2.33. The average Bonchev–Trinajstić information content (AvgIpc) is 2.95. The highest BCUT2D eigenvalue weighted by Crippen LogP contribution is 2.31. The Morgan fingerprint density at radius 2 is 1.62 bits per heavy atom. The number of carbonyl (C=O) groups is 1. The Balaban J connectivity index is 1.04. The molecule has 4 heterocycles. The average molecular weight is 541 g/mol. The van der Waals surface area contributed by atoms with Crippen LogP contribution >= 0.6 is 0 Å². The third-order valence-corrected chi connectivity index (χ3v) is 7.22. The van der Waals surface area contributed by atoms with Crippen molar-refractivity contribution in [1.82, 2.24) is 25.2 Å². The first-order valence-corrected chi connectivity index (χ1v) is 13.2. The molecule has 0 unspecified atom stereocenters. The molecule has 1 aromatic carbocycles. The van der Waals surface area contributed by atoms with Crippen LogP contribution in [-0.4, -0.2) is 64.1 Å². The van der Waals surface area contributed by atoms with E-state index in [1.165, 1.54) is 18.5 Å². The van der Waals surface area contributed by atoms with Crippen molar-refractivity contribution >= 4 is 11.6 Å². The zero-order valence-electron chi connectivity index (χ0n) is 21.5. The van der Waals surface area contributed by atoms with Gasteiger partial charge in [-0.15, -0.1) is 0 Å². The number of nitrogens with one attached hydrogen (secondary N) is 1. The number of likely N-dealkylation sites (tertiary alicyclic amines) is 1. The van der Waals surface area contributed by atoms with Crippen LogP contribution in [-0.2, 0) is 12.7 Å². The molecule has 8 nitrogen and oxygen atoms in total. The van der Waals surface area contributed by atoms with Crippen molar-refractivity contribution in [3.63, 3.8) is 0 Å². The molecule has 11 heteroatoms. The predicted molar refractivity (Wildman–Crippen MR) is 139 cm³/mol. The van der Waals surface area contributed by atoms with E-state index in [-0.39, 0.29) is 18.1 Å². The number of rotatable bonds is 7. The van der Waals surface area contributed by atoms with Gasteiger partial charge in [0.15, 0.2) is 0 Å². The molecule has 0 saturated carbocycles. The molecule has 5 rings (SSSR count). The lowest BCUT2D eigenvalue weighted by Crippen LogP contribution is -2.44. The van der Waals surface area contributed by atoms with E-state index >= 15 is 0 Å². The molecule has 1 amide bonds. The van der Waals surface area contributed by atoms with Crippen molar-refractivity contribution in [2.75, 3.05) is 31.1 Å². The van der Waals surface area contributed by atoms with Crippen LogP contribution in [0.1, 0.15) is 47.3 Å². The molecule has 0 atom stereocenters. The number of amides is 1. The summed E-state index contributed by atoms with van der Waals surface area (Å²) in [5.74, 6) is 0.402. The second-order valence-electron chi connectivity index (χ2n) is 10.00. The van der Waals surface area contributed by atoms with Gasteiger partial charge in [0.1, 0.15) is 23.9 Å². The zero-order valence-corrected chi connectivity index (χ0v) is 21.5. The maximum absolute atomic E-state index is 12.8. The summed E-state index contributed by atoms with van der Waals surface area (Å²) in [4.78, 5) is 29.5. The van der Waals surface area contributed by atoms with Gasteiger partial charge in [0.25, 0.3) is 5.91 Å². The van der Waals surface area contributed by atoms with E-state index in [4.69, 9.17) is 4.74 Å². The molecular formula is C28H31F3N6O2. The Morgan fingerprint density at radius 1 is 0.923 bits per heavy atom. The van der Waals surface area contributed by atoms with Crippen molar-refractivity contribution in [3.05, 3.63) is 78.1 Å². The molecule has 1 N–H and O–H groups in total. The molecule has 2 fully saturated rings. The third kappa shape index (κ3) is 7.23. The highest BCUT2D eigenvalue weighted by molar-refractivity contribution is 5.92. The van der Waals surface area contributed by atoms with Crippen LogP contribution in [0.15, 0.2) is 61.3 Å². The lowest BCUT2D eigenvalue weighted by atomic mass is 10.0. The van der Waals surface area contributed by atoms with E-state index in [0.717, 1.165) is 68.7 Å². The van der Waals surface area contributed by atoms with E-state index in [1.807, 2.05) is 12.4 Å². The Labute approximate surface area is 225 Å². The molecule has 206 valence electrons. The number of piperidine rings is 2. The van der Waals surface area contributed by atoms with Crippen LogP contribution in [0.3, 0.4) is 0 Å². The highest BCUT2D eigenvalue weighted by Gasteiger charge is 2.30. The molecule has 2 aromatic heterocycles. The van der Waals surface area contributed by atoms with Gasteiger partial charge in [0, 0.05) is 75.3 Å². The Morgan fingerprint density at radius 3 is 2.23 bits per heavy atom. The van der Waals surface area contributed by atoms with Crippen molar-refractivity contribution in [2.45, 2.75) is 50.6 Å². The van der Waals surface area contributed by atoms with Gasteiger partial charge in [-0.25, -0.2) is 15.0 Å². The molecule has 2 aliphatic heterocycles. The van der Waals surface area contributed by atoms with E-state index < -0.39 is 11.7 Å². The summed E-state index contributed by atoms with van der Waals surface area (Å²) < 4.78 is 44.5. The summed E-state index contributed by atoms with van der Waals surface area (Å²) >= 11 is 0. The monoisotopic (exact) mass is 540 g/mol. The maximum Gasteiger partial charge on any atom is 0.416 e. The largest absolute Gasteiger partial charge is 0.489 e. The number of hydrogen-bond acceptors (Lipinski definition) is 7. The number of pyridine rings is 1. The second kappa shape index (κ2) is 12.0. The summed E-state index contributed by atoms with van der Waals surface area (Å²) in [5.41, 5.74) is 1.56. The fraction of sp³-hybridized carbons (Fsp3) is 0.429. The highest BCUT2D eigenvalue weighted by atomic mass is 19.4. The molecule has 0 bridgehead atoms. The van der Waals surface area contributed by atoms with Crippen LogP contribution in [0, 0.1) is 0 Å². The molecule has 39 heavy (non-hydrogen) atoms. The number of anilines is 1. The van der Waals surface area contributed by atoms with Crippen molar-refractivity contribution < 1.29 is 22.7 Å². The fourth-order valence-corrected chi connectivity index (χ4v) is 5.03. The van der Waals surface area contributed by atoms with Crippen molar-refractivity contribution in [3.8, 4) is 5.75 Å². The van der Waals surface area contributed by atoms with Gasteiger partial charge < -0.3 is 15.0 Å². The van der Waals surface area contributed by atoms with Crippen LogP contribution in [0.25, 0.3) is 0 Å². The SMILES string of the molecule is O=C(NC1CCN(Cc2cncnc2)CC1)c1ccc(OC2CCN(c3ccc(C(F)(F)F)cc3)CC2)cn1. The van der Waals surface area contributed by atoms with Gasteiger partial charge >= 0.3 is 6.18 Å². The minimum absolute atomic E-state index is 0.0233. The Hall–Kier alpha value is -3.73. The van der Waals surface area contributed by atoms with Crippen LogP contribution in [0.5, 0.6) is 5.75 Å². The summed E-state index contributed by atoms with van der Waals surface area (Å²) in [6, 6.07) is 8.80. The molecule has 2 saturated heterocycles. The molecule has 0 radical (unpaired) electrons. The minimum atomic E-state index is -4.33. The first-order chi connectivity index (χ1) is 18.8. The topological polar surface area (TPSA) is 83.5 Å². The molecule has 0 aliphatic carbocycles. The number of benzene rings is 1. The minimum Gasteiger partial charge on any atom is -0.489 e. The third-order valence-electron chi connectivity index (χ3n) is 7.22. The lowest BCUT2D eigenvalue weighted by molar-refractivity contribution is -0.137. The number of nitrogens with zero attached hydrogens (tertiary/aromatic N) is 5. The van der Waals surface area contributed by atoms with Crippen molar-refractivity contribution in [1.29, 1.82) is 0 Å². The van der Waals surface area contributed by atoms with E-state index in [0.29, 0.717) is 24.5 Å². The van der Waals surface area contributed by atoms with Gasteiger partial charge in [-0.05, 0) is 49.2 Å². The van der Waals surface area contributed by atoms with E-state index in [9.17, 15) is 18.0 Å². The number of carbonyl (C=O) groups excluding carboxylic acids is 1. The van der Waals surface area contributed by atoms with Gasteiger partial charge in [0.2, 0.25) is 0 Å². The standard InChI is InChI=1S/C28H31F3N6O2/c29-28(30,31)21-1-3-23(4-2-21)37-13-9-24(10-14-37)39-25-5-6-26(34-17-25)27(38)35-22-7-11-36(12-8-22)18-20-15-32-19-33-16-20/h1-6,15-17,19,22,24H,7-14,18H2,(H,35,38). The van der Waals surface area contributed by atoms with Gasteiger partial charge in [0.05, 0.1) is 11.8 Å². The number of ether oxygens (including phenoxy) is 1. The quantitative estimate of drug-likeness (QED) is 0.478. The number of halogens is 3. The van der Waals surface area contributed by atoms with Gasteiger partial charge in [-0.2, -0.15) is 13.2 Å². The normalized spacial score (nSPS) is 17.7. The number of alkyl halides is 3. The first-order valence-electron chi connectivity index (χ1n) is 13.2.